The molecule has 1 saturated carbocycles. The summed E-state index contributed by atoms with van der Waals surface area (Å²) in [7, 11) is 1.46. The summed E-state index contributed by atoms with van der Waals surface area (Å²) in [5.41, 5.74) is 4.59. The third-order valence-electron chi connectivity index (χ3n) is 6.12. The molecule has 3 atom stereocenters. The number of nitrogens with one attached hydrogen (secondary N) is 3. The fourth-order valence-electron chi connectivity index (χ4n) is 4.05. The lowest BCUT2D eigenvalue weighted by Gasteiger charge is -2.35. The number of ketones is 1. The first kappa shape index (κ1) is 33.4. The molecule has 208 valence electrons. The van der Waals surface area contributed by atoms with Gasteiger partial charge in [-0.1, -0.05) is 74.1 Å². The van der Waals surface area contributed by atoms with E-state index in [1.807, 2.05) is 34.6 Å². The molecule has 2 fully saturated rings. The van der Waals surface area contributed by atoms with Crippen molar-refractivity contribution < 1.29 is 24.0 Å². The molecular weight excluding hydrogens is 462 g/mol. The van der Waals surface area contributed by atoms with Crippen molar-refractivity contribution in [2.75, 3.05) is 13.6 Å². The van der Waals surface area contributed by atoms with Crippen LogP contribution in [0.1, 0.15) is 93.4 Å². The van der Waals surface area contributed by atoms with E-state index in [2.05, 4.69) is 29.8 Å². The molecule has 1 heterocycles. The van der Waals surface area contributed by atoms with Crippen molar-refractivity contribution >= 4 is 29.5 Å². The minimum atomic E-state index is -1.08. The smallest absolute Gasteiger partial charge is 0.315 e. The second kappa shape index (κ2) is 16.2. The molecule has 0 aromatic heterocycles. The molecule has 1 aliphatic heterocycles. The van der Waals surface area contributed by atoms with Gasteiger partial charge in [-0.2, -0.15) is 0 Å². The average molecular weight is 512 g/mol. The molecule has 2 aliphatic rings. The molecule has 10 heteroatoms. The second-order valence-corrected chi connectivity index (χ2v) is 10.2. The number of nitrogens with zero attached hydrogens (tertiary/aromatic N) is 1. The SMILES string of the molecule is CC.CCC.CNC(=O)NC(C(=O)N1CCCC1C(=O)NC(CC1CCC1)C(=O)C(N)=O)C(C)(C)C. The normalized spacial score (nSPS) is 18.7. The zero-order valence-electron chi connectivity index (χ0n) is 23.5. The highest BCUT2D eigenvalue weighted by Gasteiger charge is 2.43. The molecule has 0 aromatic rings. The number of urea groups is 1. The van der Waals surface area contributed by atoms with Crippen molar-refractivity contribution in [1.29, 1.82) is 0 Å². The van der Waals surface area contributed by atoms with Crippen LogP contribution < -0.4 is 21.7 Å². The zero-order valence-corrected chi connectivity index (χ0v) is 23.5. The van der Waals surface area contributed by atoms with Gasteiger partial charge in [-0.25, -0.2) is 4.79 Å². The number of hydrogen-bond acceptors (Lipinski definition) is 5. The van der Waals surface area contributed by atoms with Crippen LogP contribution in [-0.4, -0.2) is 66.2 Å². The number of nitrogens with two attached hydrogens (primary N) is 1. The average Bonchev–Trinajstić information content (AvgIpc) is 3.29. The molecule has 10 nitrogen and oxygen atoms in total. The Balaban J connectivity index is 0.00000227. The summed E-state index contributed by atoms with van der Waals surface area (Å²) in [6.07, 6.45) is 5.65. The predicted molar refractivity (Wildman–Crippen MR) is 141 cm³/mol. The maximum absolute atomic E-state index is 13.3. The molecule has 2 rings (SSSR count). The van der Waals surface area contributed by atoms with Crippen molar-refractivity contribution in [3.05, 3.63) is 0 Å². The van der Waals surface area contributed by atoms with Gasteiger partial charge in [0.2, 0.25) is 17.6 Å². The summed E-state index contributed by atoms with van der Waals surface area (Å²) in [6.45, 7) is 14.1. The van der Waals surface area contributed by atoms with Gasteiger partial charge in [0, 0.05) is 13.6 Å². The Morgan fingerprint density at radius 1 is 0.972 bits per heavy atom. The lowest BCUT2D eigenvalue weighted by atomic mass is 9.80. The van der Waals surface area contributed by atoms with Crippen LogP contribution in [0.3, 0.4) is 0 Å². The molecule has 1 aliphatic carbocycles. The van der Waals surface area contributed by atoms with Gasteiger partial charge in [0.15, 0.2) is 0 Å². The lowest BCUT2D eigenvalue weighted by molar-refractivity contribution is -0.143. The highest BCUT2D eigenvalue weighted by molar-refractivity contribution is 6.37. The van der Waals surface area contributed by atoms with E-state index in [9.17, 15) is 24.0 Å². The predicted octanol–water partition coefficient (Wildman–Crippen LogP) is 2.49. The Bertz CT molecular complexity index is 745. The zero-order chi connectivity index (χ0) is 28.1. The van der Waals surface area contributed by atoms with Crippen LogP contribution in [0, 0.1) is 11.3 Å². The first-order valence-corrected chi connectivity index (χ1v) is 13.3. The summed E-state index contributed by atoms with van der Waals surface area (Å²) in [5, 5.41) is 7.78. The minimum absolute atomic E-state index is 0.275. The largest absolute Gasteiger partial charge is 0.363 e. The third kappa shape index (κ3) is 10.1. The Morgan fingerprint density at radius 3 is 1.94 bits per heavy atom. The molecule has 0 radical (unpaired) electrons. The molecule has 0 bridgehead atoms. The van der Waals surface area contributed by atoms with E-state index < -0.39 is 47.2 Å². The molecule has 36 heavy (non-hydrogen) atoms. The molecule has 5 amide bonds. The Kier molecular flexibility index (Phi) is 15.0. The van der Waals surface area contributed by atoms with Crippen LogP contribution in [0.25, 0.3) is 0 Å². The number of primary amides is 1. The van der Waals surface area contributed by atoms with Gasteiger partial charge >= 0.3 is 6.03 Å². The number of carbonyl (C=O) groups is 5. The van der Waals surface area contributed by atoms with Crippen LogP contribution in [0.15, 0.2) is 0 Å². The fourth-order valence-corrected chi connectivity index (χ4v) is 4.05. The monoisotopic (exact) mass is 511 g/mol. The summed E-state index contributed by atoms with van der Waals surface area (Å²) >= 11 is 0. The number of carbonyl (C=O) groups excluding carboxylic acids is 5. The third-order valence-corrected chi connectivity index (χ3v) is 6.12. The van der Waals surface area contributed by atoms with Crippen LogP contribution in [-0.2, 0) is 19.2 Å². The van der Waals surface area contributed by atoms with E-state index in [0.717, 1.165) is 19.3 Å². The summed E-state index contributed by atoms with van der Waals surface area (Å²) < 4.78 is 0. The molecule has 0 spiro atoms. The Hall–Kier alpha value is -2.65. The highest BCUT2D eigenvalue weighted by Crippen LogP contribution is 2.31. The maximum Gasteiger partial charge on any atom is 0.315 e. The fraction of sp³-hybridized carbons (Fsp3) is 0.808. The standard InChI is InChI=1S/C21H35N5O5.C3H8.C2H6/c1-21(2,3)16(25-20(31)23-4)19(30)26-10-6-9-14(26)18(29)24-13(15(27)17(22)28)11-12-7-5-8-12;1-3-2;1-2/h12-14,16H,5-11H2,1-4H3,(H2,22,28)(H,24,29)(H2,23,25,31);3H2,1-2H3;1-2H3. The van der Waals surface area contributed by atoms with Crippen LogP contribution in [0.2, 0.25) is 0 Å². The van der Waals surface area contributed by atoms with Crippen molar-refractivity contribution in [3.8, 4) is 0 Å². The number of rotatable bonds is 8. The van der Waals surface area contributed by atoms with E-state index in [0.29, 0.717) is 25.8 Å². The maximum atomic E-state index is 13.3. The first-order chi connectivity index (χ1) is 16.9. The van der Waals surface area contributed by atoms with Gasteiger partial charge < -0.3 is 26.6 Å². The highest BCUT2D eigenvalue weighted by atomic mass is 16.2. The second-order valence-electron chi connectivity index (χ2n) is 10.2. The van der Waals surface area contributed by atoms with E-state index in [1.165, 1.54) is 18.4 Å². The molecular formula is C26H49N5O5. The van der Waals surface area contributed by atoms with Crippen molar-refractivity contribution in [2.24, 2.45) is 17.1 Å². The number of Topliss-reactive ketones (excluding diaryl/α,β-unsaturated/α-hetero) is 1. The van der Waals surface area contributed by atoms with Crippen LogP contribution >= 0.6 is 0 Å². The topological polar surface area (TPSA) is 151 Å². The van der Waals surface area contributed by atoms with Gasteiger partial charge in [-0.3, -0.25) is 19.2 Å². The quantitative estimate of drug-likeness (QED) is 0.369. The van der Waals surface area contributed by atoms with E-state index >= 15 is 0 Å². The first-order valence-electron chi connectivity index (χ1n) is 13.3. The number of amides is 5. The Morgan fingerprint density at radius 2 is 1.53 bits per heavy atom. The molecule has 0 aromatic carbocycles. The van der Waals surface area contributed by atoms with E-state index in [4.69, 9.17) is 5.73 Å². The van der Waals surface area contributed by atoms with Gasteiger partial charge in [-0.05, 0) is 30.6 Å². The molecule has 5 N–H and O–H groups in total. The number of hydrogen-bond donors (Lipinski definition) is 4. The van der Waals surface area contributed by atoms with Crippen LogP contribution in [0.5, 0.6) is 0 Å². The van der Waals surface area contributed by atoms with Gasteiger partial charge in [0.25, 0.3) is 5.91 Å². The lowest BCUT2D eigenvalue weighted by Crippen LogP contribution is -2.59. The van der Waals surface area contributed by atoms with Gasteiger partial charge in [0.1, 0.15) is 12.1 Å². The summed E-state index contributed by atoms with van der Waals surface area (Å²) in [5.74, 6) is -2.45. The summed E-state index contributed by atoms with van der Waals surface area (Å²) in [4.78, 5) is 63.3. The van der Waals surface area contributed by atoms with Crippen molar-refractivity contribution in [2.45, 2.75) is 112 Å². The van der Waals surface area contributed by atoms with E-state index in [-0.39, 0.29) is 11.8 Å². The number of likely N-dealkylation sites (tertiary alicyclic amines) is 1. The van der Waals surface area contributed by atoms with E-state index in [1.54, 1.807) is 0 Å². The van der Waals surface area contributed by atoms with Crippen LogP contribution in [0.4, 0.5) is 4.79 Å². The van der Waals surface area contributed by atoms with Crippen molar-refractivity contribution in [1.82, 2.24) is 20.9 Å². The Labute approximate surface area is 216 Å². The van der Waals surface area contributed by atoms with Crippen molar-refractivity contribution in [3.63, 3.8) is 0 Å². The van der Waals surface area contributed by atoms with Gasteiger partial charge in [-0.15, -0.1) is 0 Å². The summed E-state index contributed by atoms with van der Waals surface area (Å²) in [6, 6.07) is -3.07. The molecule has 3 unspecified atom stereocenters. The minimum Gasteiger partial charge on any atom is -0.363 e. The molecule has 1 saturated heterocycles. The van der Waals surface area contributed by atoms with Gasteiger partial charge in [0.05, 0.1) is 6.04 Å².